The number of likely N-dealkylation sites (tertiary alicyclic amines) is 1. The molecule has 2 amide bonds. The third kappa shape index (κ3) is 4.54. The molecular weight excluding hydrogens is 398 g/mol. The highest BCUT2D eigenvalue weighted by molar-refractivity contribution is 7.89. The lowest BCUT2D eigenvalue weighted by atomic mass is 10.1. The number of methoxy groups -OCH3 is 1. The van der Waals surface area contributed by atoms with E-state index in [2.05, 4.69) is 11.6 Å². The van der Waals surface area contributed by atoms with E-state index in [0.717, 1.165) is 0 Å². The van der Waals surface area contributed by atoms with E-state index in [1.807, 2.05) is 0 Å². The number of amides is 2. The number of nitrogens with zero attached hydrogens (tertiary/aromatic N) is 2. The number of carbonyl (C=O) groups is 2. The summed E-state index contributed by atoms with van der Waals surface area (Å²) < 4.78 is 33.6. The zero-order valence-corrected chi connectivity index (χ0v) is 17.2. The maximum atomic E-state index is 13.0. The van der Waals surface area contributed by atoms with Gasteiger partial charge in [-0.05, 0) is 38.3 Å². The normalized spacial score (nSPS) is 19.5. The number of sulfonamides is 1. The number of hydrogen-bond acceptors (Lipinski definition) is 6. The van der Waals surface area contributed by atoms with Gasteiger partial charge in [0.2, 0.25) is 21.8 Å². The molecule has 10 heteroatoms. The van der Waals surface area contributed by atoms with Crippen molar-refractivity contribution in [3.8, 4) is 5.75 Å². The van der Waals surface area contributed by atoms with Gasteiger partial charge < -0.3 is 19.6 Å². The number of aliphatic hydroxyl groups is 1. The number of anilines is 1. The lowest BCUT2D eigenvalue weighted by Crippen LogP contribution is -2.50. The van der Waals surface area contributed by atoms with E-state index in [1.54, 1.807) is 6.07 Å². The highest BCUT2D eigenvalue weighted by atomic mass is 32.2. The first kappa shape index (κ1) is 21.5. The molecular formula is C19H26N3O6S. The lowest BCUT2D eigenvalue weighted by molar-refractivity contribution is -0.133. The van der Waals surface area contributed by atoms with Crippen molar-refractivity contribution in [3.05, 3.63) is 25.1 Å². The van der Waals surface area contributed by atoms with E-state index >= 15 is 0 Å². The maximum absolute atomic E-state index is 13.0. The van der Waals surface area contributed by atoms with Crippen LogP contribution in [0.15, 0.2) is 23.1 Å². The lowest BCUT2D eigenvalue weighted by Gasteiger charge is -2.31. The van der Waals surface area contributed by atoms with E-state index in [1.165, 1.54) is 29.0 Å². The first-order chi connectivity index (χ1) is 13.7. The minimum absolute atomic E-state index is 0.0518. The molecule has 2 fully saturated rings. The number of hydrogen-bond donors (Lipinski definition) is 2. The van der Waals surface area contributed by atoms with Crippen molar-refractivity contribution >= 4 is 27.5 Å². The van der Waals surface area contributed by atoms with Gasteiger partial charge >= 0.3 is 0 Å². The van der Waals surface area contributed by atoms with Gasteiger partial charge in [-0.1, -0.05) is 6.07 Å². The molecule has 0 spiro atoms. The summed E-state index contributed by atoms with van der Waals surface area (Å²) in [6.07, 6.45) is 1.55. The van der Waals surface area contributed by atoms with Crippen LogP contribution in [0.1, 0.15) is 25.7 Å². The second kappa shape index (κ2) is 8.68. The Morgan fingerprint density at radius 2 is 2.00 bits per heavy atom. The van der Waals surface area contributed by atoms with Gasteiger partial charge in [0.1, 0.15) is 10.9 Å². The molecule has 2 heterocycles. The summed E-state index contributed by atoms with van der Waals surface area (Å²) >= 11 is 0. The predicted octanol–water partition coefficient (Wildman–Crippen LogP) is 0.286. The van der Waals surface area contributed by atoms with Crippen LogP contribution in [-0.4, -0.2) is 69.1 Å². The zero-order chi connectivity index (χ0) is 21.2. The summed E-state index contributed by atoms with van der Waals surface area (Å²) in [6.45, 7) is 4.85. The molecule has 0 aromatic heterocycles. The number of ether oxygens (including phenoxy) is 1. The highest BCUT2D eigenvalue weighted by Crippen LogP contribution is 2.36. The van der Waals surface area contributed by atoms with Crippen LogP contribution < -0.4 is 14.4 Å². The van der Waals surface area contributed by atoms with E-state index in [-0.39, 0.29) is 16.6 Å². The first-order valence-corrected chi connectivity index (χ1v) is 11.0. The van der Waals surface area contributed by atoms with Crippen LogP contribution in [0.3, 0.4) is 0 Å². The smallest absolute Gasteiger partial charge is 0.245 e. The maximum Gasteiger partial charge on any atom is 0.245 e. The van der Waals surface area contributed by atoms with Crippen molar-refractivity contribution in [3.63, 3.8) is 0 Å². The van der Waals surface area contributed by atoms with Crippen LogP contribution in [0.4, 0.5) is 5.69 Å². The van der Waals surface area contributed by atoms with Gasteiger partial charge in [-0.2, -0.15) is 4.72 Å². The standard InChI is InChI=1S/C19H26N3O6S/c1-13(19(25)21-11-8-14(23)9-12-21)20-29(26,27)16-6-3-5-15(18(16)28-2)22-10-4-7-17(22)24/h3,5-6,13-14,20,23H,1,4,7-12H2,2H3/t13-/m0/s1. The van der Waals surface area contributed by atoms with Gasteiger partial charge in [-0.3, -0.25) is 9.59 Å². The average Bonchev–Trinajstić information content (AvgIpc) is 3.12. The van der Waals surface area contributed by atoms with Crippen LogP contribution in [0, 0.1) is 6.92 Å². The second-order valence-corrected chi connectivity index (χ2v) is 8.87. The predicted molar refractivity (Wildman–Crippen MR) is 106 cm³/mol. The summed E-state index contributed by atoms with van der Waals surface area (Å²) in [5.74, 6) is -0.496. The Bertz CT molecular complexity index is 880. The molecule has 0 bridgehead atoms. The number of benzene rings is 1. The molecule has 1 atom stereocenters. The topological polar surface area (TPSA) is 116 Å². The monoisotopic (exact) mass is 424 g/mol. The van der Waals surface area contributed by atoms with Gasteiger partial charge in [-0.25, -0.2) is 8.42 Å². The van der Waals surface area contributed by atoms with Crippen LogP contribution in [0.2, 0.25) is 0 Å². The molecule has 2 aliphatic heterocycles. The summed E-state index contributed by atoms with van der Waals surface area (Å²) in [7, 11) is -2.80. The molecule has 1 aromatic rings. The van der Waals surface area contributed by atoms with E-state index in [0.29, 0.717) is 51.0 Å². The number of carbonyl (C=O) groups excluding carboxylic acids is 2. The molecule has 0 aliphatic carbocycles. The number of piperidine rings is 1. The Morgan fingerprint density at radius 1 is 1.31 bits per heavy atom. The minimum atomic E-state index is -4.14. The molecule has 2 N–H and O–H groups in total. The van der Waals surface area contributed by atoms with Crippen molar-refractivity contribution in [2.45, 2.75) is 42.7 Å². The Labute approximate surface area is 170 Å². The minimum Gasteiger partial charge on any atom is -0.493 e. The van der Waals surface area contributed by atoms with Gasteiger partial charge in [-0.15, -0.1) is 0 Å². The molecule has 1 radical (unpaired) electrons. The summed E-state index contributed by atoms with van der Waals surface area (Å²) in [5.41, 5.74) is 0.384. The van der Waals surface area contributed by atoms with Crippen LogP contribution in [0.5, 0.6) is 5.75 Å². The van der Waals surface area contributed by atoms with Crippen molar-refractivity contribution in [2.24, 2.45) is 0 Å². The van der Waals surface area contributed by atoms with Crippen molar-refractivity contribution in [2.75, 3.05) is 31.6 Å². The Balaban J connectivity index is 1.82. The molecule has 1 aromatic carbocycles. The molecule has 9 nitrogen and oxygen atoms in total. The Morgan fingerprint density at radius 3 is 2.59 bits per heavy atom. The fraction of sp³-hybridized carbons (Fsp3) is 0.526. The molecule has 0 saturated carbocycles. The van der Waals surface area contributed by atoms with Crippen LogP contribution in [-0.2, 0) is 19.6 Å². The third-order valence-electron chi connectivity index (χ3n) is 5.19. The van der Waals surface area contributed by atoms with Gasteiger partial charge in [0.05, 0.1) is 18.9 Å². The van der Waals surface area contributed by atoms with Gasteiger partial charge in [0, 0.05) is 26.1 Å². The number of aliphatic hydroxyl groups excluding tert-OH is 1. The van der Waals surface area contributed by atoms with Crippen molar-refractivity contribution in [1.82, 2.24) is 9.62 Å². The molecule has 159 valence electrons. The van der Waals surface area contributed by atoms with E-state index < -0.39 is 28.1 Å². The third-order valence-corrected chi connectivity index (χ3v) is 6.68. The fourth-order valence-corrected chi connectivity index (χ4v) is 4.94. The molecule has 2 saturated heterocycles. The van der Waals surface area contributed by atoms with Gasteiger partial charge in [0.25, 0.3) is 0 Å². The van der Waals surface area contributed by atoms with E-state index in [4.69, 9.17) is 4.74 Å². The number of nitrogens with one attached hydrogen (secondary N) is 1. The largest absolute Gasteiger partial charge is 0.493 e. The highest BCUT2D eigenvalue weighted by Gasteiger charge is 2.32. The number of rotatable bonds is 6. The summed E-state index contributed by atoms with van der Waals surface area (Å²) in [6, 6.07) is 3.30. The average molecular weight is 424 g/mol. The van der Waals surface area contributed by atoms with Crippen molar-refractivity contribution in [1.29, 1.82) is 0 Å². The summed E-state index contributed by atoms with van der Waals surface area (Å²) in [5, 5.41) is 9.57. The summed E-state index contributed by atoms with van der Waals surface area (Å²) in [4.78, 5) is 27.5. The zero-order valence-electron chi connectivity index (χ0n) is 16.3. The Hall–Kier alpha value is -2.17. The fourth-order valence-electron chi connectivity index (χ4n) is 3.64. The van der Waals surface area contributed by atoms with Crippen LogP contribution in [0.25, 0.3) is 0 Å². The van der Waals surface area contributed by atoms with Crippen LogP contribution >= 0.6 is 0 Å². The molecule has 3 rings (SSSR count). The quantitative estimate of drug-likeness (QED) is 0.678. The SMILES string of the molecule is [CH2][C@H](NS(=O)(=O)c1cccc(N2CCCC2=O)c1OC)C(=O)N1CCC(O)CC1. The molecule has 0 unspecified atom stereocenters. The second-order valence-electron chi connectivity index (χ2n) is 7.19. The Kier molecular flexibility index (Phi) is 6.45. The molecule has 29 heavy (non-hydrogen) atoms. The van der Waals surface area contributed by atoms with Gasteiger partial charge in [0.15, 0.2) is 5.75 Å². The molecule has 2 aliphatic rings. The van der Waals surface area contributed by atoms with E-state index in [9.17, 15) is 23.1 Å². The van der Waals surface area contributed by atoms with Crippen molar-refractivity contribution < 1.29 is 27.9 Å². The first-order valence-electron chi connectivity index (χ1n) is 9.54. The number of para-hydroxylation sites is 1.